The highest BCUT2D eigenvalue weighted by molar-refractivity contribution is 5.96. The van der Waals surface area contributed by atoms with E-state index >= 15 is 0 Å². The maximum Gasteiger partial charge on any atom is 0.333 e. The Morgan fingerprint density at radius 1 is 1.10 bits per heavy atom. The van der Waals surface area contributed by atoms with E-state index < -0.39 is 11.9 Å². The number of carbonyl (C=O) groups is 2. The van der Waals surface area contributed by atoms with E-state index in [4.69, 9.17) is 9.47 Å². The lowest BCUT2D eigenvalue weighted by molar-refractivity contribution is -0.139. The van der Waals surface area contributed by atoms with Crippen molar-refractivity contribution in [2.45, 2.75) is 20.3 Å². The first kappa shape index (κ1) is 16.7. The van der Waals surface area contributed by atoms with Crippen molar-refractivity contribution >= 4 is 17.5 Å². The van der Waals surface area contributed by atoms with E-state index in [1.807, 2.05) is 30.3 Å². The van der Waals surface area contributed by atoms with Crippen molar-refractivity contribution in [3.8, 4) is 0 Å². The van der Waals surface area contributed by atoms with Gasteiger partial charge in [-0.15, -0.1) is 0 Å². The largest absolute Gasteiger partial charge is 0.463 e. The Kier molecular flexibility index (Phi) is 6.95. The van der Waals surface area contributed by atoms with Gasteiger partial charge in [-0.1, -0.05) is 36.9 Å². The van der Waals surface area contributed by atoms with E-state index in [9.17, 15) is 9.59 Å². The van der Waals surface area contributed by atoms with Crippen LogP contribution in [-0.4, -0.2) is 25.2 Å². The minimum absolute atomic E-state index is 0.238. The van der Waals surface area contributed by atoms with Crippen LogP contribution in [0.15, 0.2) is 48.6 Å². The minimum Gasteiger partial charge on any atom is -0.463 e. The lowest BCUT2D eigenvalue weighted by Crippen LogP contribution is -2.08. The number of hydrogen-bond donors (Lipinski definition) is 0. The number of hydrogen-bond acceptors (Lipinski definition) is 4. The summed E-state index contributed by atoms with van der Waals surface area (Å²) in [5.74, 6) is -0.892. The zero-order chi connectivity index (χ0) is 15.7. The second kappa shape index (κ2) is 8.74. The molecule has 0 radical (unpaired) electrons. The first-order chi connectivity index (χ1) is 10.1. The van der Waals surface area contributed by atoms with Crippen molar-refractivity contribution in [3.05, 3.63) is 54.1 Å². The van der Waals surface area contributed by atoms with Crippen molar-refractivity contribution in [3.63, 3.8) is 0 Å². The number of allylic oxidation sites excluding steroid dienone is 1. The highest BCUT2D eigenvalue weighted by atomic mass is 16.5. The van der Waals surface area contributed by atoms with Crippen molar-refractivity contribution in [1.29, 1.82) is 0 Å². The van der Waals surface area contributed by atoms with Crippen molar-refractivity contribution < 1.29 is 19.1 Å². The molecule has 0 aromatic heterocycles. The minimum atomic E-state index is -0.455. The fourth-order valence-corrected chi connectivity index (χ4v) is 1.75. The molecule has 0 N–H and O–H groups in total. The highest BCUT2D eigenvalue weighted by Gasteiger charge is 2.13. The summed E-state index contributed by atoms with van der Waals surface area (Å²) in [6.07, 6.45) is 1.63. The van der Waals surface area contributed by atoms with Crippen LogP contribution >= 0.6 is 0 Å². The van der Waals surface area contributed by atoms with Gasteiger partial charge in [-0.05, 0) is 25.0 Å². The van der Waals surface area contributed by atoms with E-state index in [2.05, 4.69) is 6.58 Å². The van der Waals surface area contributed by atoms with Gasteiger partial charge in [0, 0.05) is 18.1 Å². The molecule has 0 aliphatic rings. The fraction of sp³-hybridized carbons (Fsp3) is 0.294. The molecule has 21 heavy (non-hydrogen) atoms. The van der Waals surface area contributed by atoms with E-state index in [-0.39, 0.29) is 6.42 Å². The third-order valence-electron chi connectivity index (χ3n) is 2.69. The molecule has 0 amide bonds. The van der Waals surface area contributed by atoms with Crippen LogP contribution in [0, 0.1) is 0 Å². The van der Waals surface area contributed by atoms with E-state index in [0.717, 1.165) is 5.56 Å². The number of carbonyl (C=O) groups excluding carboxylic acids is 2. The van der Waals surface area contributed by atoms with E-state index in [1.165, 1.54) is 6.08 Å². The quantitative estimate of drug-likeness (QED) is 0.571. The highest BCUT2D eigenvalue weighted by Crippen LogP contribution is 2.22. The molecule has 4 heteroatoms. The predicted octanol–water partition coefficient (Wildman–Crippen LogP) is 3.14. The summed E-state index contributed by atoms with van der Waals surface area (Å²) in [5, 5.41) is 0. The predicted molar refractivity (Wildman–Crippen MR) is 81.4 cm³/mol. The summed E-state index contributed by atoms with van der Waals surface area (Å²) in [4.78, 5) is 23.3. The molecular formula is C17H20O4. The standard InChI is InChI=1S/C17H20O4/c1-4-20-16(18)12-15(14-9-7-6-8-10-14)11-13(3)17(19)21-5-2/h6-10,12H,3-5,11H2,1-2H3/b15-12-. The van der Waals surface area contributed by atoms with Gasteiger partial charge in [-0.25, -0.2) is 9.59 Å². The molecule has 0 aliphatic carbocycles. The van der Waals surface area contributed by atoms with Crippen LogP contribution in [0.2, 0.25) is 0 Å². The molecular weight excluding hydrogens is 268 g/mol. The van der Waals surface area contributed by atoms with Crippen molar-refractivity contribution in [2.24, 2.45) is 0 Å². The zero-order valence-electron chi connectivity index (χ0n) is 12.4. The Bertz CT molecular complexity index is 529. The first-order valence-corrected chi connectivity index (χ1v) is 6.86. The molecule has 0 saturated heterocycles. The van der Waals surface area contributed by atoms with Crippen LogP contribution in [0.3, 0.4) is 0 Å². The van der Waals surface area contributed by atoms with Gasteiger partial charge < -0.3 is 9.47 Å². The van der Waals surface area contributed by atoms with E-state index in [1.54, 1.807) is 13.8 Å². The SMILES string of the molecule is C=C(C/C(=C/C(=O)OCC)c1ccccc1)C(=O)OCC. The summed E-state index contributed by atoms with van der Waals surface area (Å²) in [6, 6.07) is 9.33. The van der Waals surface area contributed by atoms with Gasteiger partial charge >= 0.3 is 11.9 Å². The van der Waals surface area contributed by atoms with Gasteiger partial charge in [0.2, 0.25) is 0 Å². The smallest absolute Gasteiger partial charge is 0.333 e. The van der Waals surface area contributed by atoms with Gasteiger partial charge in [-0.3, -0.25) is 0 Å². The second-order valence-electron chi connectivity index (χ2n) is 4.29. The molecule has 0 bridgehead atoms. The van der Waals surface area contributed by atoms with Crippen LogP contribution in [0.1, 0.15) is 25.8 Å². The molecule has 0 aliphatic heterocycles. The van der Waals surface area contributed by atoms with Gasteiger partial charge in [0.1, 0.15) is 0 Å². The molecule has 0 unspecified atom stereocenters. The summed E-state index contributed by atoms with van der Waals surface area (Å²) in [7, 11) is 0. The molecule has 4 nitrogen and oxygen atoms in total. The third-order valence-corrected chi connectivity index (χ3v) is 2.69. The molecule has 1 aromatic rings. The Hall–Kier alpha value is -2.36. The van der Waals surface area contributed by atoms with Gasteiger partial charge in [0.15, 0.2) is 0 Å². The molecule has 0 heterocycles. The summed E-state index contributed by atoms with van der Waals surface area (Å²) >= 11 is 0. The Morgan fingerprint density at radius 3 is 2.29 bits per heavy atom. The molecule has 1 aromatic carbocycles. The number of esters is 2. The fourth-order valence-electron chi connectivity index (χ4n) is 1.75. The third kappa shape index (κ3) is 5.65. The van der Waals surface area contributed by atoms with Crippen LogP contribution < -0.4 is 0 Å². The second-order valence-corrected chi connectivity index (χ2v) is 4.29. The zero-order valence-corrected chi connectivity index (χ0v) is 12.4. The molecule has 1 rings (SSSR count). The van der Waals surface area contributed by atoms with Crippen LogP contribution in [-0.2, 0) is 19.1 Å². The Labute approximate surface area is 125 Å². The average Bonchev–Trinajstić information content (AvgIpc) is 2.48. The van der Waals surface area contributed by atoms with Crippen LogP contribution in [0.5, 0.6) is 0 Å². The molecule has 0 atom stereocenters. The number of ether oxygens (including phenoxy) is 2. The average molecular weight is 288 g/mol. The maximum atomic E-state index is 11.7. The number of rotatable bonds is 7. The monoisotopic (exact) mass is 288 g/mol. The molecule has 0 fully saturated rings. The van der Waals surface area contributed by atoms with Gasteiger partial charge in [0.25, 0.3) is 0 Å². The summed E-state index contributed by atoms with van der Waals surface area (Å²) < 4.78 is 9.83. The molecule has 0 saturated carbocycles. The summed E-state index contributed by atoms with van der Waals surface area (Å²) in [5.41, 5.74) is 1.82. The topological polar surface area (TPSA) is 52.6 Å². The maximum absolute atomic E-state index is 11.7. The van der Waals surface area contributed by atoms with Gasteiger partial charge in [0.05, 0.1) is 13.2 Å². The van der Waals surface area contributed by atoms with E-state index in [0.29, 0.717) is 24.4 Å². The lowest BCUT2D eigenvalue weighted by Gasteiger charge is -2.10. The van der Waals surface area contributed by atoms with Crippen molar-refractivity contribution in [2.75, 3.05) is 13.2 Å². The number of benzene rings is 1. The summed E-state index contributed by atoms with van der Waals surface area (Å²) in [6.45, 7) is 7.79. The van der Waals surface area contributed by atoms with Crippen LogP contribution in [0.25, 0.3) is 5.57 Å². The van der Waals surface area contributed by atoms with Crippen LogP contribution in [0.4, 0.5) is 0 Å². The first-order valence-electron chi connectivity index (χ1n) is 6.86. The molecule has 112 valence electrons. The normalized spacial score (nSPS) is 10.9. The van der Waals surface area contributed by atoms with Crippen molar-refractivity contribution in [1.82, 2.24) is 0 Å². The Morgan fingerprint density at radius 2 is 1.71 bits per heavy atom. The van der Waals surface area contributed by atoms with Gasteiger partial charge in [-0.2, -0.15) is 0 Å². The lowest BCUT2D eigenvalue weighted by atomic mass is 9.98. The molecule has 0 spiro atoms. The Balaban J connectivity index is 2.95.